The molecule has 1 aliphatic rings. The van der Waals surface area contributed by atoms with Gasteiger partial charge in [-0.2, -0.15) is 0 Å². The molecule has 1 N–H and O–H groups in total. The Hall–Kier alpha value is -2.86. The average molecular weight is 428 g/mol. The molecule has 0 aromatic heterocycles. The third-order valence-corrected chi connectivity index (χ3v) is 5.48. The van der Waals surface area contributed by atoms with Crippen molar-refractivity contribution in [1.82, 2.24) is 10.2 Å². The Morgan fingerprint density at radius 2 is 1.50 bits per heavy atom. The van der Waals surface area contributed by atoms with E-state index in [1.807, 2.05) is 29.2 Å². The van der Waals surface area contributed by atoms with Crippen LogP contribution in [0.4, 0.5) is 5.69 Å². The van der Waals surface area contributed by atoms with Crippen LogP contribution in [-0.2, 0) is 4.79 Å². The van der Waals surface area contributed by atoms with Crippen molar-refractivity contribution in [3.05, 3.63) is 64.7 Å². The van der Waals surface area contributed by atoms with Crippen LogP contribution in [0, 0.1) is 0 Å². The summed E-state index contributed by atoms with van der Waals surface area (Å²) in [5.41, 5.74) is 2.32. The quantitative estimate of drug-likeness (QED) is 0.543. The first-order chi connectivity index (χ1) is 14.4. The molecule has 0 radical (unpaired) electrons. The number of anilines is 1. The zero-order valence-corrected chi connectivity index (χ0v) is 17.8. The van der Waals surface area contributed by atoms with Gasteiger partial charge < -0.3 is 15.1 Å². The lowest BCUT2D eigenvalue weighted by molar-refractivity contribution is -0.131. The maximum Gasteiger partial charge on any atom is 0.251 e. The van der Waals surface area contributed by atoms with Crippen molar-refractivity contribution in [3.8, 4) is 0 Å². The number of halogens is 1. The number of hydrogen-bond acceptors (Lipinski definition) is 4. The fourth-order valence-corrected chi connectivity index (χ4v) is 3.55. The normalized spacial score (nSPS) is 13.8. The lowest BCUT2D eigenvalue weighted by Crippen LogP contribution is -2.48. The van der Waals surface area contributed by atoms with E-state index in [2.05, 4.69) is 10.2 Å². The fourth-order valence-electron chi connectivity index (χ4n) is 3.42. The van der Waals surface area contributed by atoms with Crippen LogP contribution in [0.2, 0.25) is 5.02 Å². The van der Waals surface area contributed by atoms with Gasteiger partial charge in [-0.25, -0.2) is 0 Å². The summed E-state index contributed by atoms with van der Waals surface area (Å²) in [5.74, 6) is 0.00663. The van der Waals surface area contributed by atoms with Gasteiger partial charge in [0.1, 0.15) is 0 Å². The van der Waals surface area contributed by atoms with E-state index in [4.69, 9.17) is 11.6 Å². The Labute approximate surface area is 181 Å². The van der Waals surface area contributed by atoms with Gasteiger partial charge in [0.15, 0.2) is 5.78 Å². The Bertz CT molecular complexity index is 889. The topological polar surface area (TPSA) is 69.7 Å². The Kier molecular flexibility index (Phi) is 7.46. The SMILES string of the molecule is CC(=O)c1ccc(N2CCN(C(=O)CCCNC(=O)c3ccc(Cl)cc3)CC2)cc1. The minimum Gasteiger partial charge on any atom is -0.368 e. The lowest BCUT2D eigenvalue weighted by Gasteiger charge is -2.36. The maximum atomic E-state index is 12.5. The number of piperazine rings is 1. The van der Waals surface area contributed by atoms with E-state index in [1.54, 1.807) is 31.2 Å². The molecule has 1 fully saturated rings. The van der Waals surface area contributed by atoms with Crippen molar-refractivity contribution in [2.75, 3.05) is 37.6 Å². The van der Waals surface area contributed by atoms with Crippen molar-refractivity contribution >= 4 is 34.9 Å². The van der Waals surface area contributed by atoms with E-state index in [1.165, 1.54) is 0 Å². The van der Waals surface area contributed by atoms with Crippen LogP contribution in [0.15, 0.2) is 48.5 Å². The highest BCUT2D eigenvalue weighted by Gasteiger charge is 2.21. The lowest BCUT2D eigenvalue weighted by atomic mass is 10.1. The molecule has 0 atom stereocenters. The Morgan fingerprint density at radius 3 is 2.10 bits per heavy atom. The molecule has 3 rings (SSSR count). The molecule has 2 aromatic carbocycles. The second-order valence-electron chi connectivity index (χ2n) is 7.34. The molecule has 0 unspecified atom stereocenters. The van der Waals surface area contributed by atoms with Crippen molar-refractivity contribution in [3.63, 3.8) is 0 Å². The van der Waals surface area contributed by atoms with Crippen LogP contribution in [0.5, 0.6) is 0 Å². The molecule has 2 amide bonds. The summed E-state index contributed by atoms with van der Waals surface area (Å²) in [4.78, 5) is 40.0. The number of amides is 2. The Balaban J connectivity index is 1.37. The number of carbonyl (C=O) groups excluding carboxylic acids is 3. The predicted molar refractivity (Wildman–Crippen MR) is 118 cm³/mol. The van der Waals surface area contributed by atoms with Crippen LogP contribution < -0.4 is 10.2 Å². The smallest absolute Gasteiger partial charge is 0.251 e. The zero-order valence-electron chi connectivity index (χ0n) is 17.1. The van der Waals surface area contributed by atoms with Crippen molar-refractivity contribution < 1.29 is 14.4 Å². The number of ketones is 1. The highest BCUT2D eigenvalue weighted by atomic mass is 35.5. The van der Waals surface area contributed by atoms with Gasteiger partial charge in [0, 0.05) is 61.0 Å². The molecule has 6 nitrogen and oxygen atoms in total. The summed E-state index contributed by atoms with van der Waals surface area (Å²) in [7, 11) is 0. The summed E-state index contributed by atoms with van der Waals surface area (Å²) in [6, 6.07) is 14.3. The van der Waals surface area contributed by atoms with Gasteiger partial charge in [0.05, 0.1) is 0 Å². The molecule has 30 heavy (non-hydrogen) atoms. The van der Waals surface area contributed by atoms with Crippen LogP contribution in [-0.4, -0.2) is 55.2 Å². The van der Waals surface area contributed by atoms with Crippen molar-refractivity contribution in [2.45, 2.75) is 19.8 Å². The molecular weight excluding hydrogens is 402 g/mol. The minimum atomic E-state index is -0.163. The van der Waals surface area contributed by atoms with E-state index >= 15 is 0 Å². The highest BCUT2D eigenvalue weighted by molar-refractivity contribution is 6.30. The molecule has 0 aliphatic carbocycles. The molecule has 0 spiro atoms. The number of benzene rings is 2. The Morgan fingerprint density at radius 1 is 0.900 bits per heavy atom. The maximum absolute atomic E-state index is 12.5. The molecule has 7 heteroatoms. The van der Waals surface area contributed by atoms with E-state index in [0.717, 1.165) is 18.8 Å². The molecular formula is C23H26ClN3O3. The van der Waals surface area contributed by atoms with Gasteiger partial charge in [0.2, 0.25) is 5.91 Å². The van der Waals surface area contributed by atoms with Crippen LogP contribution in [0.1, 0.15) is 40.5 Å². The van der Waals surface area contributed by atoms with Crippen molar-refractivity contribution in [2.24, 2.45) is 0 Å². The third-order valence-electron chi connectivity index (χ3n) is 5.23. The fraction of sp³-hybridized carbons (Fsp3) is 0.348. The number of hydrogen-bond donors (Lipinski definition) is 1. The van der Waals surface area contributed by atoms with E-state index < -0.39 is 0 Å². The van der Waals surface area contributed by atoms with Gasteiger partial charge in [-0.15, -0.1) is 0 Å². The summed E-state index contributed by atoms with van der Waals surface area (Å²) >= 11 is 5.82. The zero-order chi connectivity index (χ0) is 21.5. The number of nitrogens with one attached hydrogen (secondary N) is 1. The monoisotopic (exact) mass is 427 g/mol. The molecule has 1 aliphatic heterocycles. The van der Waals surface area contributed by atoms with Gasteiger partial charge in [0.25, 0.3) is 5.91 Å². The second-order valence-corrected chi connectivity index (χ2v) is 7.77. The average Bonchev–Trinajstić information content (AvgIpc) is 2.77. The number of nitrogens with zero attached hydrogens (tertiary/aromatic N) is 2. The highest BCUT2D eigenvalue weighted by Crippen LogP contribution is 2.18. The molecule has 2 aromatic rings. The molecule has 0 bridgehead atoms. The number of carbonyl (C=O) groups is 3. The summed E-state index contributed by atoms with van der Waals surface area (Å²) in [6.45, 7) is 4.88. The van der Waals surface area contributed by atoms with Gasteiger partial charge >= 0.3 is 0 Å². The summed E-state index contributed by atoms with van der Waals surface area (Å²) in [6.07, 6.45) is 1.01. The first-order valence-corrected chi connectivity index (χ1v) is 10.5. The molecule has 1 heterocycles. The first kappa shape index (κ1) is 21.8. The van der Waals surface area contributed by atoms with E-state index in [-0.39, 0.29) is 17.6 Å². The van der Waals surface area contributed by atoms with E-state index in [9.17, 15) is 14.4 Å². The van der Waals surface area contributed by atoms with E-state index in [0.29, 0.717) is 48.6 Å². The first-order valence-electron chi connectivity index (χ1n) is 10.1. The third kappa shape index (κ3) is 5.83. The molecule has 1 saturated heterocycles. The molecule has 158 valence electrons. The summed E-state index contributed by atoms with van der Waals surface area (Å²) < 4.78 is 0. The standard InChI is InChI=1S/C23H26ClN3O3/c1-17(28)18-6-10-21(11-7-18)26-13-15-27(16-14-26)22(29)3-2-12-25-23(30)19-4-8-20(24)9-5-19/h4-11H,2-3,12-16H2,1H3,(H,25,30). The number of rotatable bonds is 7. The van der Waals surface area contributed by atoms with Gasteiger partial charge in [-0.1, -0.05) is 11.6 Å². The predicted octanol–water partition coefficient (Wildman–Crippen LogP) is 3.40. The van der Waals surface area contributed by atoms with Gasteiger partial charge in [-0.3, -0.25) is 14.4 Å². The summed E-state index contributed by atoms with van der Waals surface area (Å²) in [5, 5.41) is 3.42. The molecule has 0 saturated carbocycles. The van der Waals surface area contributed by atoms with Crippen LogP contribution in [0.3, 0.4) is 0 Å². The van der Waals surface area contributed by atoms with Crippen molar-refractivity contribution in [1.29, 1.82) is 0 Å². The second kappa shape index (κ2) is 10.3. The largest absolute Gasteiger partial charge is 0.368 e. The number of Topliss-reactive ketones (excluding diaryl/α,β-unsaturated/α-hetero) is 1. The minimum absolute atomic E-state index is 0.0568. The van der Waals surface area contributed by atoms with Crippen LogP contribution in [0.25, 0.3) is 0 Å². The van der Waals surface area contributed by atoms with Crippen LogP contribution >= 0.6 is 11.6 Å². The van der Waals surface area contributed by atoms with Gasteiger partial charge in [-0.05, 0) is 61.9 Å².